The number of benzene rings is 1. The molecule has 1 atom stereocenters. The predicted molar refractivity (Wildman–Crippen MR) is 94.7 cm³/mol. The third kappa shape index (κ3) is 4.45. The summed E-state index contributed by atoms with van der Waals surface area (Å²) in [6.45, 7) is 2.03. The monoisotopic (exact) mass is 374 g/mol. The van der Waals surface area contributed by atoms with E-state index in [1.165, 1.54) is 4.90 Å². The third-order valence-corrected chi connectivity index (χ3v) is 4.50. The number of carbonyl (C=O) groups is 3. The van der Waals surface area contributed by atoms with Crippen molar-refractivity contribution >= 4 is 28.8 Å². The number of aromatic nitrogens is 1. The average molecular weight is 374 g/mol. The highest BCUT2D eigenvalue weighted by molar-refractivity contribution is 5.88. The van der Waals surface area contributed by atoms with Crippen LogP contribution >= 0.6 is 0 Å². The number of piperidine rings is 1. The third-order valence-electron chi connectivity index (χ3n) is 4.50. The van der Waals surface area contributed by atoms with Crippen LogP contribution in [0.25, 0.3) is 11.0 Å². The normalized spacial score (nSPS) is 16.9. The lowest BCUT2D eigenvalue weighted by Gasteiger charge is -2.33. The van der Waals surface area contributed by atoms with Gasteiger partial charge in [-0.3, -0.25) is 9.59 Å². The zero-order valence-corrected chi connectivity index (χ0v) is 15.2. The molecule has 3 rings (SSSR count). The highest BCUT2D eigenvalue weighted by atomic mass is 16.5. The van der Waals surface area contributed by atoms with Crippen LogP contribution in [-0.4, -0.2) is 53.7 Å². The Balaban J connectivity index is 1.56. The molecule has 0 aliphatic carbocycles. The van der Waals surface area contributed by atoms with Crippen LogP contribution in [0.5, 0.6) is 0 Å². The summed E-state index contributed by atoms with van der Waals surface area (Å²) in [5, 5.41) is 4.61. The van der Waals surface area contributed by atoms with Crippen LogP contribution in [0.1, 0.15) is 31.9 Å². The van der Waals surface area contributed by atoms with Gasteiger partial charge in [0, 0.05) is 11.9 Å². The fraction of sp³-hybridized carbons (Fsp3) is 0.474. The second-order valence-corrected chi connectivity index (χ2v) is 6.31. The molecule has 2 aromatic rings. The summed E-state index contributed by atoms with van der Waals surface area (Å²) in [6, 6.07) is 6.59. The van der Waals surface area contributed by atoms with E-state index in [-0.39, 0.29) is 13.0 Å². The number of hydrogen-bond acceptors (Lipinski definition) is 7. The molecule has 1 fully saturated rings. The first kappa shape index (κ1) is 18.9. The number of ether oxygens (including phenoxy) is 2. The number of hydrogen-bond donors (Lipinski definition) is 0. The number of amides is 1. The smallest absolute Gasteiger partial charge is 0.328 e. The lowest BCUT2D eigenvalue weighted by atomic mass is 10.0. The van der Waals surface area contributed by atoms with Crippen LogP contribution in [-0.2, 0) is 30.3 Å². The van der Waals surface area contributed by atoms with Crippen LogP contribution in [0, 0.1) is 0 Å². The molecule has 1 aromatic carbocycles. The Morgan fingerprint density at radius 3 is 2.85 bits per heavy atom. The molecule has 0 saturated carbocycles. The molecule has 1 aliphatic heterocycles. The minimum Gasteiger partial charge on any atom is -0.464 e. The van der Waals surface area contributed by atoms with Crippen molar-refractivity contribution in [3.8, 4) is 0 Å². The number of rotatable bonds is 6. The summed E-state index contributed by atoms with van der Waals surface area (Å²) in [4.78, 5) is 38.0. The lowest BCUT2D eigenvalue weighted by molar-refractivity contribution is -0.160. The predicted octanol–water partition coefficient (Wildman–Crippen LogP) is 1.86. The molecule has 2 heterocycles. The molecule has 0 N–H and O–H groups in total. The van der Waals surface area contributed by atoms with Gasteiger partial charge in [-0.1, -0.05) is 17.3 Å². The molecule has 1 aromatic heterocycles. The maximum Gasteiger partial charge on any atom is 0.328 e. The molecule has 0 bridgehead atoms. The van der Waals surface area contributed by atoms with Crippen molar-refractivity contribution in [1.82, 2.24) is 10.1 Å². The molecule has 0 spiro atoms. The highest BCUT2D eigenvalue weighted by Crippen LogP contribution is 2.20. The van der Waals surface area contributed by atoms with E-state index in [2.05, 4.69) is 5.16 Å². The summed E-state index contributed by atoms with van der Waals surface area (Å²) in [7, 11) is 0. The van der Waals surface area contributed by atoms with Gasteiger partial charge in [-0.15, -0.1) is 0 Å². The lowest BCUT2D eigenvalue weighted by Crippen LogP contribution is -2.50. The molecule has 144 valence electrons. The van der Waals surface area contributed by atoms with Crippen LogP contribution in [0.4, 0.5) is 0 Å². The SMILES string of the molecule is CCOC(=O)C1CCCCN1C(=O)COC(=O)Cc1noc2ccccc12. The van der Waals surface area contributed by atoms with E-state index in [1.807, 2.05) is 12.1 Å². The van der Waals surface area contributed by atoms with Crippen molar-refractivity contribution in [1.29, 1.82) is 0 Å². The van der Waals surface area contributed by atoms with Crippen molar-refractivity contribution in [2.75, 3.05) is 19.8 Å². The summed E-state index contributed by atoms with van der Waals surface area (Å²) < 4.78 is 15.3. The Kier molecular flexibility index (Phi) is 6.05. The number of likely N-dealkylation sites (tertiary alicyclic amines) is 1. The zero-order chi connectivity index (χ0) is 19.2. The molecule has 0 radical (unpaired) electrons. The van der Waals surface area contributed by atoms with E-state index in [9.17, 15) is 14.4 Å². The van der Waals surface area contributed by atoms with E-state index >= 15 is 0 Å². The van der Waals surface area contributed by atoms with Gasteiger partial charge in [-0.25, -0.2) is 4.79 Å². The Morgan fingerprint density at radius 1 is 1.22 bits per heavy atom. The van der Waals surface area contributed by atoms with Crippen LogP contribution in [0.3, 0.4) is 0 Å². The summed E-state index contributed by atoms with van der Waals surface area (Å²) in [5.41, 5.74) is 1.05. The Bertz CT molecular complexity index is 830. The van der Waals surface area contributed by atoms with Gasteiger partial charge >= 0.3 is 11.9 Å². The fourth-order valence-corrected chi connectivity index (χ4v) is 3.19. The molecule has 1 saturated heterocycles. The van der Waals surface area contributed by atoms with E-state index in [0.717, 1.165) is 18.2 Å². The Hall–Kier alpha value is -2.90. The van der Waals surface area contributed by atoms with Gasteiger partial charge < -0.3 is 18.9 Å². The number of fused-ring (bicyclic) bond motifs is 1. The molecule has 27 heavy (non-hydrogen) atoms. The molecule has 8 heteroatoms. The quantitative estimate of drug-likeness (QED) is 0.712. The minimum absolute atomic E-state index is 0.0917. The summed E-state index contributed by atoms with van der Waals surface area (Å²) in [6.07, 6.45) is 2.13. The fourth-order valence-electron chi connectivity index (χ4n) is 3.19. The van der Waals surface area contributed by atoms with E-state index in [1.54, 1.807) is 19.1 Å². The highest BCUT2D eigenvalue weighted by Gasteiger charge is 2.33. The number of para-hydroxylation sites is 1. The average Bonchev–Trinajstić information content (AvgIpc) is 3.09. The number of carbonyl (C=O) groups excluding carboxylic acids is 3. The summed E-state index contributed by atoms with van der Waals surface area (Å²) in [5.74, 6) is -1.39. The Labute approximate surface area is 156 Å². The second kappa shape index (κ2) is 8.66. The first-order chi connectivity index (χ1) is 13.1. The first-order valence-electron chi connectivity index (χ1n) is 9.05. The molecular weight excluding hydrogens is 352 g/mol. The van der Waals surface area contributed by atoms with Crippen molar-refractivity contribution in [3.05, 3.63) is 30.0 Å². The van der Waals surface area contributed by atoms with Gasteiger partial charge in [0.1, 0.15) is 11.7 Å². The van der Waals surface area contributed by atoms with Gasteiger partial charge in [0.2, 0.25) is 0 Å². The molecule has 1 amide bonds. The minimum atomic E-state index is -0.607. The summed E-state index contributed by atoms with van der Waals surface area (Å²) >= 11 is 0. The van der Waals surface area contributed by atoms with Crippen molar-refractivity contribution in [3.63, 3.8) is 0 Å². The zero-order valence-electron chi connectivity index (χ0n) is 15.2. The maximum atomic E-state index is 12.4. The van der Waals surface area contributed by atoms with Crippen molar-refractivity contribution in [2.24, 2.45) is 0 Å². The maximum absolute atomic E-state index is 12.4. The molecule has 8 nitrogen and oxygen atoms in total. The van der Waals surface area contributed by atoms with Crippen molar-refractivity contribution < 1.29 is 28.4 Å². The van der Waals surface area contributed by atoms with Gasteiger partial charge in [-0.05, 0) is 38.3 Å². The number of nitrogens with zero attached hydrogens (tertiary/aromatic N) is 2. The van der Waals surface area contributed by atoms with Gasteiger partial charge in [0.15, 0.2) is 12.2 Å². The standard InChI is InChI=1S/C19H22N2O6/c1-2-25-19(24)15-8-5-6-10-21(15)17(22)12-26-18(23)11-14-13-7-3-4-9-16(13)27-20-14/h3-4,7,9,15H,2,5-6,8,10-12H2,1H3. The van der Waals surface area contributed by atoms with E-state index < -0.39 is 30.5 Å². The molecular formula is C19H22N2O6. The second-order valence-electron chi connectivity index (χ2n) is 6.31. The molecule has 1 unspecified atom stereocenters. The van der Waals surface area contributed by atoms with Crippen LogP contribution < -0.4 is 0 Å². The first-order valence-corrected chi connectivity index (χ1v) is 9.05. The van der Waals surface area contributed by atoms with Crippen molar-refractivity contribution in [2.45, 2.75) is 38.6 Å². The van der Waals surface area contributed by atoms with Crippen LogP contribution in [0.2, 0.25) is 0 Å². The van der Waals surface area contributed by atoms with E-state index in [0.29, 0.717) is 24.2 Å². The topological polar surface area (TPSA) is 98.9 Å². The Morgan fingerprint density at radius 2 is 2.04 bits per heavy atom. The van der Waals surface area contributed by atoms with E-state index in [4.69, 9.17) is 14.0 Å². The van der Waals surface area contributed by atoms with Gasteiger partial charge in [0.05, 0.1) is 13.0 Å². The van der Waals surface area contributed by atoms with Gasteiger partial charge in [-0.2, -0.15) is 0 Å². The molecule has 1 aliphatic rings. The van der Waals surface area contributed by atoms with Crippen LogP contribution in [0.15, 0.2) is 28.8 Å². The largest absolute Gasteiger partial charge is 0.464 e. The number of esters is 2. The van der Waals surface area contributed by atoms with Gasteiger partial charge in [0.25, 0.3) is 5.91 Å².